The van der Waals surface area contributed by atoms with E-state index in [2.05, 4.69) is 55.5 Å². The van der Waals surface area contributed by atoms with Crippen LogP contribution in [0.1, 0.15) is 5.56 Å². The Morgan fingerprint density at radius 1 is 0.938 bits per heavy atom. The molecule has 0 heterocycles. The third kappa shape index (κ3) is 2.52. The average Bonchev–Trinajstić information content (AvgIpc) is 2.31. The molecule has 80 valence electrons. The van der Waals surface area contributed by atoms with E-state index in [1.54, 1.807) is 8.05 Å². The van der Waals surface area contributed by atoms with Gasteiger partial charge in [-0.25, -0.2) is 0 Å². The minimum absolute atomic E-state index is 0.665. The molecule has 1 nitrogen and oxygen atoms in total. The minimum Gasteiger partial charge on any atom is -0.417 e. The summed E-state index contributed by atoms with van der Waals surface area (Å²) >= 11 is 0. The smallest absolute Gasteiger partial charge is 0.263 e. The van der Waals surface area contributed by atoms with E-state index in [0.717, 1.165) is 0 Å². The first-order valence-corrected chi connectivity index (χ1v) is 6.53. The molecular weight excluding hydrogens is 214 g/mol. The molecule has 0 N–H and O–H groups in total. The fraction of sp³-hybridized carbons (Fsp3) is 0.0769. The molecule has 0 radical (unpaired) electrons. The van der Waals surface area contributed by atoms with Crippen LogP contribution in [0.4, 0.5) is 0 Å². The van der Waals surface area contributed by atoms with Crippen molar-refractivity contribution in [2.24, 2.45) is 0 Å². The number of hydrogen-bond acceptors (Lipinski definition) is 1. The fourth-order valence-corrected chi connectivity index (χ4v) is 3.38. The summed E-state index contributed by atoms with van der Waals surface area (Å²) in [5.74, 6) is 0. The monoisotopic (exact) mass is 228 g/mol. The zero-order valence-electron chi connectivity index (χ0n) is 9.55. The lowest BCUT2D eigenvalue weighted by Gasteiger charge is -2.16. The number of aryl methyl sites for hydroxylation is 1. The fourth-order valence-electron chi connectivity index (χ4n) is 1.68. The largest absolute Gasteiger partial charge is 0.417 e. The highest BCUT2D eigenvalue weighted by molar-refractivity contribution is 7.69. The van der Waals surface area contributed by atoms with Crippen molar-refractivity contribution < 1.29 is 4.44 Å². The van der Waals surface area contributed by atoms with Gasteiger partial charge in [-0.1, -0.05) is 54.1 Å². The van der Waals surface area contributed by atoms with Crippen LogP contribution in [0.25, 0.3) is 0 Å². The summed E-state index contributed by atoms with van der Waals surface area (Å²) in [6.07, 6.45) is 0. The highest BCUT2D eigenvalue weighted by Gasteiger charge is 2.12. The van der Waals surface area contributed by atoms with Gasteiger partial charge in [0.2, 0.25) is 0 Å². The van der Waals surface area contributed by atoms with E-state index in [9.17, 15) is 0 Å². The summed E-state index contributed by atoms with van der Waals surface area (Å²) in [4.78, 5) is 0. The van der Waals surface area contributed by atoms with Crippen molar-refractivity contribution in [3.63, 3.8) is 0 Å². The van der Waals surface area contributed by atoms with Gasteiger partial charge < -0.3 is 4.44 Å². The van der Waals surface area contributed by atoms with Gasteiger partial charge in [-0.05, 0) is 13.0 Å². The lowest BCUT2D eigenvalue weighted by atomic mass is 10.2. The molecule has 0 aliphatic heterocycles. The van der Waals surface area contributed by atoms with Crippen molar-refractivity contribution in [2.45, 2.75) is 6.92 Å². The highest BCUT2D eigenvalue weighted by atomic mass is 31.1. The number of hydrogen-bond donors (Lipinski definition) is 0. The molecule has 1 atom stereocenters. The molecule has 0 aromatic heterocycles. The Balaban J connectivity index is 2.37. The van der Waals surface area contributed by atoms with Gasteiger partial charge in [0, 0.05) is 10.6 Å². The van der Waals surface area contributed by atoms with Crippen LogP contribution >= 0.6 is 8.15 Å². The van der Waals surface area contributed by atoms with Gasteiger partial charge in [-0.3, -0.25) is 0 Å². The second-order valence-electron chi connectivity index (χ2n) is 3.65. The molecule has 2 aromatic rings. The normalized spacial score (nSPS) is 12.3. The van der Waals surface area contributed by atoms with Gasteiger partial charge in [0.1, 0.15) is 0 Å². The molecule has 0 saturated heterocycles. The molecule has 2 rings (SSSR count). The first-order chi connectivity index (χ1) is 7.81. The maximum atomic E-state index is 5.64. The molecule has 0 bridgehead atoms. The van der Waals surface area contributed by atoms with Crippen molar-refractivity contribution in [2.75, 3.05) is 0 Å². The molecular formula is C13H14BOP. The molecule has 0 fully saturated rings. The topological polar surface area (TPSA) is 9.23 Å². The van der Waals surface area contributed by atoms with Crippen LogP contribution in [0, 0.1) is 6.92 Å². The third-order valence-corrected chi connectivity index (χ3v) is 4.29. The standard InChI is InChI=1S/C13H14BOP/c1-11-6-5-9-13(10-11)16(15-14)12-7-3-2-4-8-12/h2-10H,14H2,1H3/t16-/m1/s1. The second-order valence-corrected chi connectivity index (χ2v) is 5.64. The second kappa shape index (κ2) is 5.29. The Kier molecular flexibility index (Phi) is 3.76. The quantitative estimate of drug-likeness (QED) is 0.575. The predicted molar refractivity (Wildman–Crippen MR) is 73.4 cm³/mol. The van der Waals surface area contributed by atoms with Crippen LogP contribution in [0.5, 0.6) is 0 Å². The van der Waals surface area contributed by atoms with Crippen LogP contribution < -0.4 is 10.6 Å². The highest BCUT2D eigenvalue weighted by Crippen LogP contribution is 2.33. The van der Waals surface area contributed by atoms with E-state index in [4.69, 9.17) is 4.44 Å². The predicted octanol–water partition coefficient (Wildman–Crippen LogP) is 1.91. The van der Waals surface area contributed by atoms with Crippen molar-refractivity contribution in [1.82, 2.24) is 0 Å². The van der Waals surface area contributed by atoms with Gasteiger partial charge in [-0.15, -0.1) is 0 Å². The van der Waals surface area contributed by atoms with Crippen LogP contribution in [0.2, 0.25) is 0 Å². The molecule has 0 aliphatic carbocycles. The van der Waals surface area contributed by atoms with E-state index in [1.165, 1.54) is 16.2 Å². The zero-order valence-corrected chi connectivity index (χ0v) is 10.4. The maximum absolute atomic E-state index is 5.64. The van der Waals surface area contributed by atoms with E-state index in [-0.39, 0.29) is 0 Å². The summed E-state index contributed by atoms with van der Waals surface area (Å²) in [6.45, 7) is 2.11. The number of rotatable bonds is 3. The van der Waals surface area contributed by atoms with Crippen molar-refractivity contribution in [1.29, 1.82) is 0 Å². The summed E-state index contributed by atoms with van der Waals surface area (Å²) in [5, 5.41) is 2.52. The van der Waals surface area contributed by atoms with Gasteiger partial charge in [0.05, 0.1) is 8.15 Å². The van der Waals surface area contributed by atoms with Gasteiger partial charge >= 0.3 is 0 Å². The Hall–Kier alpha value is -1.11. The number of benzene rings is 2. The van der Waals surface area contributed by atoms with E-state index in [1.807, 2.05) is 6.07 Å². The van der Waals surface area contributed by atoms with Gasteiger partial charge in [-0.2, -0.15) is 0 Å². The molecule has 2 aromatic carbocycles. The molecule has 0 amide bonds. The summed E-state index contributed by atoms with van der Waals surface area (Å²) in [7, 11) is 1.11. The average molecular weight is 228 g/mol. The maximum Gasteiger partial charge on any atom is 0.263 e. The SMILES string of the molecule is BO[P@](c1ccccc1)c1cccc(C)c1. The molecule has 0 saturated carbocycles. The van der Waals surface area contributed by atoms with E-state index < -0.39 is 8.15 Å². The van der Waals surface area contributed by atoms with Crippen LogP contribution in [-0.2, 0) is 4.44 Å². The summed E-state index contributed by atoms with van der Waals surface area (Å²) < 4.78 is 5.64. The third-order valence-electron chi connectivity index (χ3n) is 2.41. The molecule has 16 heavy (non-hydrogen) atoms. The first-order valence-electron chi connectivity index (χ1n) is 5.27. The Bertz CT molecular complexity index is 458. The lowest BCUT2D eigenvalue weighted by molar-refractivity contribution is 0.705. The Morgan fingerprint density at radius 3 is 2.25 bits per heavy atom. The van der Waals surface area contributed by atoms with Crippen molar-refractivity contribution in [3.8, 4) is 0 Å². The summed E-state index contributed by atoms with van der Waals surface area (Å²) in [5.41, 5.74) is 1.28. The first kappa shape index (κ1) is 11.4. The van der Waals surface area contributed by atoms with Gasteiger partial charge in [0.15, 0.2) is 0 Å². The molecule has 0 unspecified atom stereocenters. The molecule has 0 spiro atoms. The summed E-state index contributed by atoms with van der Waals surface area (Å²) in [6, 6.07) is 18.9. The van der Waals surface area contributed by atoms with Gasteiger partial charge in [0.25, 0.3) is 8.05 Å². The van der Waals surface area contributed by atoms with E-state index in [0.29, 0.717) is 0 Å². The minimum atomic E-state index is -0.665. The van der Waals surface area contributed by atoms with E-state index >= 15 is 0 Å². The van der Waals surface area contributed by atoms with Crippen molar-refractivity contribution >= 4 is 26.8 Å². The van der Waals surface area contributed by atoms with Crippen LogP contribution in [-0.4, -0.2) is 8.05 Å². The van der Waals surface area contributed by atoms with Crippen molar-refractivity contribution in [3.05, 3.63) is 60.2 Å². The zero-order chi connectivity index (χ0) is 11.4. The van der Waals surface area contributed by atoms with Crippen LogP contribution in [0.3, 0.4) is 0 Å². The Morgan fingerprint density at radius 2 is 1.62 bits per heavy atom. The Labute approximate surface area is 98.7 Å². The molecule has 3 heteroatoms. The van der Waals surface area contributed by atoms with Crippen LogP contribution in [0.15, 0.2) is 54.6 Å². The lowest BCUT2D eigenvalue weighted by Crippen LogP contribution is -2.13. The molecule has 0 aliphatic rings.